The molecule has 0 saturated carbocycles. The number of nitrogens with one attached hydrogen (secondary N) is 3. The van der Waals surface area contributed by atoms with E-state index in [0.29, 0.717) is 11.4 Å². The number of carbonyl (C=O) groups is 1. The summed E-state index contributed by atoms with van der Waals surface area (Å²) in [6.45, 7) is -0.198. The van der Waals surface area contributed by atoms with Crippen molar-refractivity contribution >= 4 is 50.7 Å². The Hall–Kier alpha value is -3.48. The second-order valence-corrected chi connectivity index (χ2v) is 8.29. The van der Waals surface area contributed by atoms with Gasteiger partial charge in [-0.25, -0.2) is 22.9 Å². The van der Waals surface area contributed by atoms with E-state index in [0.717, 1.165) is 6.20 Å². The van der Waals surface area contributed by atoms with Crippen molar-refractivity contribution in [1.29, 1.82) is 0 Å². The van der Waals surface area contributed by atoms with Gasteiger partial charge in [-0.15, -0.1) is 0 Å². The standard InChI is InChI=1S/C19H18ClFN6O4S/c1-23-17(28)10-31-16-7-4-12(8-14(16)20)25-18-15(21)9-24-19(27-18)26-11-2-5-13(6-3-11)32(22,29)30/h2-9H,10H2,1H3,(H,23,28)(H2,22,29,30)(H2,24,25,26,27). The van der Waals surface area contributed by atoms with Crippen LogP contribution in [0.4, 0.5) is 27.5 Å². The lowest BCUT2D eigenvalue weighted by molar-refractivity contribution is -0.122. The monoisotopic (exact) mass is 480 g/mol. The van der Waals surface area contributed by atoms with E-state index in [1.54, 1.807) is 6.07 Å². The van der Waals surface area contributed by atoms with E-state index >= 15 is 0 Å². The van der Waals surface area contributed by atoms with Crippen LogP contribution in [-0.2, 0) is 14.8 Å². The van der Waals surface area contributed by atoms with Gasteiger partial charge in [0.15, 0.2) is 18.2 Å². The maximum atomic E-state index is 14.2. The van der Waals surface area contributed by atoms with Crippen molar-refractivity contribution in [2.75, 3.05) is 24.3 Å². The zero-order valence-corrected chi connectivity index (χ0v) is 18.2. The first kappa shape index (κ1) is 23.2. The number of ether oxygens (including phenoxy) is 1. The molecule has 3 aromatic rings. The molecule has 5 N–H and O–H groups in total. The van der Waals surface area contributed by atoms with Crippen LogP contribution in [0.1, 0.15) is 0 Å². The Bertz CT molecular complexity index is 1240. The molecule has 0 radical (unpaired) electrons. The minimum absolute atomic E-state index is 0.0509. The van der Waals surface area contributed by atoms with Crippen LogP contribution < -0.4 is 25.8 Å². The minimum atomic E-state index is -3.81. The highest BCUT2D eigenvalue weighted by Gasteiger charge is 2.11. The molecule has 0 unspecified atom stereocenters. The third-order valence-electron chi connectivity index (χ3n) is 4.02. The largest absolute Gasteiger partial charge is 0.482 e. The van der Waals surface area contributed by atoms with Crippen molar-refractivity contribution in [3.8, 4) is 5.75 Å². The highest BCUT2D eigenvalue weighted by molar-refractivity contribution is 7.89. The molecule has 1 aromatic heterocycles. The summed E-state index contributed by atoms with van der Waals surface area (Å²) in [5, 5.41) is 13.3. The van der Waals surface area contributed by atoms with Crippen LogP contribution in [-0.4, -0.2) is 37.9 Å². The lowest BCUT2D eigenvalue weighted by atomic mass is 10.3. The maximum Gasteiger partial charge on any atom is 0.257 e. The van der Waals surface area contributed by atoms with Crippen LogP contribution in [0.5, 0.6) is 5.75 Å². The number of hydrogen-bond acceptors (Lipinski definition) is 8. The molecule has 0 aliphatic heterocycles. The van der Waals surface area contributed by atoms with Crippen LogP contribution in [0, 0.1) is 5.82 Å². The highest BCUT2D eigenvalue weighted by atomic mass is 35.5. The van der Waals surface area contributed by atoms with Gasteiger partial charge in [0.1, 0.15) is 5.75 Å². The van der Waals surface area contributed by atoms with Crippen molar-refractivity contribution in [2.45, 2.75) is 4.90 Å². The number of rotatable bonds is 8. The summed E-state index contributed by atoms with van der Waals surface area (Å²) >= 11 is 6.16. The molecule has 10 nitrogen and oxygen atoms in total. The third-order valence-corrected chi connectivity index (χ3v) is 5.24. The summed E-state index contributed by atoms with van der Waals surface area (Å²) in [5.41, 5.74) is 0.888. The molecule has 2 aromatic carbocycles. The number of benzene rings is 2. The van der Waals surface area contributed by atoms with Crippen LogP contribution in [0.3, 0.4) is 0 Å². The molecule has 1 heterocycles. The molecule has 1 amide bonds. The van der Waals surface area contributed by atoms with Gasteiger partial charge in [-0.1, -0.05) is 11.6 Å². The van der Waals surface area contributed by atoms with Gasteiger partial charge < -0.3 is 20.7 Å². The van der Waals surface area contributed by atoms with Gasteiger partial charge in [-0.3, -0.25) is 4.79 Å². The Balaban J connectivity index is 1.73. The highest BCUT2D eigenvalue weighted by Crippen LogP contribution is 2.29. The Morgan fingerprint density at radius 2 is 1.84 bits per heavy atom. The summed E-state index contributed by atoms with van der Waals surface area (Å²) in [7, 11) is -2.33. The number of nitrogens with two attached hydrogens (primary N) is 1. The van der Waals surface area contributed by atoms with Crippen LogP contribution >= 0.6 is 11.6 Å². The summed E-state index contributed by atoms with van der Waals surface area (Å²) in [6.07, 6.45) is 0.971. The molecular formula is C19H18ClFN6O4S. The molecule has 0 fully saturated rings. The first-order valence-corrected chi connectivity index (χ1v) is 10.9. The molecular weight excluding hydrogens is 463 g/mol. The van der Waals surface area contributed by atoms with Gasteiger partial charge in [-0.2, -0.15) is 4.98 Å². The van der Waals surface area contributed by atoms with Gasteiger partial charge in [0.2, 0.25) is 16.0 Å². The van der Waals surface area contributed by atoms with Gasteiger partial charge in [0, 0.05) is 18.4 Å². The Morgan fingerprint density at radius 1 is 1.16 bits per heavy atom. The van der Waals surface area contributed by atoms with Crippen molar-refractivity contribution in [1.82, 2.24) is 15.3 Å². The second kappa shape index (κ2) is 9.77. The Kier molecular flexibility index (Phi) is 7.08. The predicted octanol–water partition coefficient (Wildman–Crippen LogP) is 2.53. The van der Waals surface area contributed by atoms with Gasteiger partial charge >= 0.3 is 0 Å². The molecule has 0 bridgehead atoms. The van der Waals surface area contributed by atoms with Crippen LogP contribution in [0.15, 0.2) is 53.6 Å². The number of anilines is 4. The molecule has 32 heavy (non-hydrogen) atoms. The number of carbonyl (C=O) groups excluding carboxylic acids is 1. The number of aromatic nitrogens is 2. The van der Waals surface area contributed by atoms with Gasteiger partial charge in [0.25, 0.3) is 5.91 Å². The van der Waals surface area contributed by atoms with Crippen molar-refractivity contribution in [3.63, 3.8) is 0 Å². The lowest BCUT2D eigenvalue weighted by Crippen LogP contribution is -2.24. The zero-order chi connectivity index (χ0) is 23.3. The molecule has 0 saturated heterocycles. The van der Waals surface area contributed by atoms with E-state index in [9.17, 15) is 17.6 Å². The third kappa shape index (κ3) is 6.03. The van der Waals surface area contributed by atoms with E-state index in [4.69, 9.17) is 21.5 Å². The zero-order valence-electron chi connectivity index (χ0n) is 16.6. The molecule has 13 heteroatoms. The van der Waals surface area contributed by atoms with Gasteiger partial charge in [0.05, 0.1) is 16.1 Å². The van der Waals surface area contributed by atoms with Crippen molar-refractivity contribution < 1.29 is 22.3 Å². The number of amides is 1. The molecule has 0 spiro atoms. The van der Waals surface area contributed by atoms with Crippen LogP contribution in [0.25, 0.3) is 0 Å². The fraction of sp³-hybridized carbons (Fsp3) is 0.105. The number of sulfonamides is 1. The van der Waals surface area contributed by atoms with Crippen LogP contribution in [0.2, 0.25) is 5.02 Å². The van der Waals surface area contributed by atoms with E-state index in [2.05, 4.69) is 25.9 Å². The minimum Gasteiger partial charge on any atom is -0.482 e. The van der Waals surface area contributed by atoms with E-state index < -0.39 is 15.8 Å². The molecule has 0 atom stereocenters. The first-order valence-electron chi connectivity index (χ1n) is 8.98. The number of hydrogen-bond donors (Lipinski definition) is 4. The van der Waals surface area contributed by atoms with Crippen molar-refractivity contribution in [2.24, 2.45) is 5.14 Å². The maximum absolute atomic E-state index is 14.2. The average Bonchev–Trinajstić information content (AvgIpc) is 2.75. The van der Waals surface area contributed by atoms with Crippen molar-refractivity contribution in [3.05, 3.63) is 59.5 Å². The normalized spacial score (nSPS) is 11.0. The number of halogens is 2. The van der Waals surface area contributed by atoms with E-state index in [-0.39, 0.29) is 39.9 Å². The van der Waals surface area contributed by atoms with E-state index in [1.165, 1.54) is 43.4 Å². The van der Waals surface area contributed by atoms with Gasteiger partial charge in [-0.05, 0) is 42.5 Å². The fourth-order valence-corrected chi connectivity index (χ4v) is 3.17. The summed E-state index contributed by atoms with van der Waals surface area (Å²) in [6, 6.07) is 10.2. The quantitative estimate of drug-likeness (QED) is 0.384. The summed E-state index contributed by atoms with van der Waals surface area (Å²) in [5.74, 6) is -0.802. The fourth-order valence-electron chi connectivity index (χ4n) is 2.42. The number of likely N-dealkylation sites (N-methyl/N-ethyl adjacent to an activating group) is 1. The first-order chi connectivity index (χ1) is 15.2. The SMILES string of the molecule is CNC(=O)COc1ccc(Nc2nc(Nc3ccc(S(N)(=O)=O)cc3)ncc2F)cc1Cl. The summed E-state index contributed by atoms with van der Waals surface area (Å²) in [4.78, 5) is 19.2. The molecule has 0 aliphatic rings. The molecule has 3 rings (SSSR count). The Labute approximate surface area is 188 Å². The topological polar surface area (TPSA) is 148 Å². The average molecular weight is 481 g/mol. The lowest BCUT2D eigenvalue weighted by Gasteiger charge is -2.12. The molecule has 0 aliphatic carbocycles. The van der Waals surface area contributed by atoms with E-state index in [1.807, 2.05) is 0 Å². The molecule has 168 valence electrons. The smallest absolute Gasteiger partial charge is 0.257 e. The number of primary sulfonamides is 1. The predicted molar refractivity (Wildman–Crippen MR) is 117 cm³/mol. The summed E-state index contributed by atoms with van der Waals surface area (Å²) < 4.78 is 42.2. The Morgan fingerprint density at radius 3 is 2.47 bits per heavy atom. The second-order valence-electron chi connectivity index (χ2n) is 6.32. The number of nitrogens with zero attached hydrogens (tertiary/aromatic N) is 2.